The molecule has 0 atom stereocenters. The number of nitrogens with zero attached hydrogens (tertiary/aromatic N) is 3. The Labute approximate surface area is 146 Å². The molecule has 0 spiro atoms. The summed E-state index contributed by atoms with van der Waals surface area (Å²) in [6.45, 7) is 4.21. The minimum Gasteiger partial charge on any atom is -0.481 e. The average molecular weight is 350 g/mol. The third-order valence-electron chi connectivity index (χ3n) is 4.88. The van der Waals surface area contributed by atoms with Crippen molar-refractivity contribution in [3.05, 3.63) is 23.1 Å². The minimum atomic E-state index is -0.746. The van der Waals surface area contributed by atoms with Gasteiger partial charge in [0, 0.05) is 37.9 Å². The molecule has 2 heterocycles. The number of benzene rings is 1. The van der Waals surface area contributed by atoms with Crippen molar-refractivity contribution in [1.29, 1.82) is 0 Å². The summed E-state index contributed by atoms with van der Waals surface area (Å²) in [5, 5.41) is 9.17. The van der Waals surface area contributed by atoms with Crippen molar-refractivity contribution in [2.45, 2.75) is 12.8 Å². The first-order valence-electron chi connectivity index (χ1n) is 8.56. The Hall–Kier alpha value is -2.35. The van der Waals surface area contributed by atoms with Gasteiger partial charge in [-0.3, -0.25) is 4.79 Å². The Morgan fingerprint density at radius 2 is 1.88 bits per heavy atom. The Bertz CT molecular complexity index is 637. The number of ether oxygens (including phenoxy) is 1. The highest BCUT2D eigenvalue weighted by molar-refractivity contribution is 5.73. The smallest absolute Gasteiger partial charge is 0.339 e. The van der Waals surface area contributed by atoms with Crippen LogP contribution < -0.4 is 9.80 Å². The molecule has 0 radical (unpaired) electrons. The van der Waals surface area contributed by atoms with E-state index in [1.807, 2.05) is 12.1 Å². The van der Waals surface area contributed by atoms with Crippen LogP contribution in [0.4, 0.5) is 17.1 Å². The van der Waals surface area contributed by atoms with Crippen LogP contribution in [0.1, 0.15) is 12.8 Å². The van der Waals surface area contributed by atoms with Gasteiger partial charge in [0.1, 0.15) is 5.69 Å². The number of carbonyl (C=O) groups is 1. The van der Waals surface area contributed by atoms with E-state index in [-0.39, 0.29) is 5.92 Å². The van der Waals surface area contributed by atoms with Crippen molar-refractivity contribution in [1.82, 2.24) is 0 Å². The van der Waals surface area contributed by atoms with E-state index in [2.05, 4.69) is 9.80 Å². The Morgan fingerprint density at radius 3 is 2.48 bits per heavy atom. The van der Waals surface area contributed by atoms with Crippen molar-refractivity contribution in [2.75, 3.05) is 56.3 Å². The van der Waals surface area contributed by atoms with Gasteiger partial charge < -0.3 is 19.6 Å². The van der Waals surface area contributed by atoms with Gasteiger partial charge in [-0.25, -0.2) is 4.84 Å². The predicted molar refractivity (Wildman–Crippen MR) is 92.3 cm³/mol. The minimum absolute atomic E-state index is 0.312. The number of anilines is 2. The molecule has 0 amide bonds. The van der Waals surface area contributed by atoms with Gasteiger partial charge in [-0.15, -0.1) is 0 Å². The zero-order chi connectivity index (χ0) is 17.8. The molecule has 2 aliphatic heterocycles. The number of rotatable bonds is 5. The topological polar surface area (TPSA) is 82.3 Å². The molecule has 2 aliphatic rings. The van der Waals surface area contributed by atoms with Crippen molar-refractivity contribution < 1.29 is 24.4 Å². The lowest BCUT2D eigenvalue weighted by atomic mass is 9.96. The fourth-order valence-electron chi connectivity index (χ4n) is 3.40. The van der Waals surface area contributed by atoms with Crippen LogP contribution in [0, 0.1) is 10.8 Å². The summed E-state index contributed by atoms with van der Waals surface area (Å²) >= 11 is 0. The number of hydrogen-bond acceptors (Lipinski definition) is 6. The Balaban J connectivity index is 1.86. The SMILES string of the molecule is CO[N+](=O)c1ccc(N2CCOCC2)cc1N1CCC(C(=O)O)CC1. The molecular weight excluding hydrogens is 326 g/mol. The van der Waals surface area contributed by atoms with Gasteiger partial charge in [0.2, 0.25) is 0 Å². The summed E-state index contributed by atoms with van der Waals surface area (Å²) < 4.78 is 5.40. The van der Waals surface area contributed by atoms with Gasteiger partial charge in [-0.2, -0.15) is 0 Å². The van der Waals surface area contributed by atoms with Crippen molar-refractivity contribution in [3.8, 4) is 0 Å². The molecule has 0 unspecified atom stereocenters. The summed E-state index contributed by atoms with van der Waals surface area (Å²) in [6, 6.07) is 5.67. The van der Waals surface area contributed by atoms with E-state index in [1.165, 1.54) is 7.11 Å². The largest absolute Gasteiger partial charge is 0.481 e. The van der Waals surface area contributed by atoms with Crippen LogP contribution in [0.25, 0.3) is 0 Å². The van der Waals surface area contributed by atoms with E-state index < -0.39 is 5.97 Å². The molecule has 1 N–H and O–H groups in total. The standard InChI is InChI=1S/C17H23N3O5/c1-24-20(23)15-3-2-14(18-8-10-25-11-9-18)12-16(15)19-6-4-13(5-7-19)17(21)22/h2-3,12-13H,4-11H2,1H3/p+1. The van der Waals surface area contributed by atoms with E-state index in [0.29, 0.717) is 49.8 Å². The third-order valence-corrected chi connectivity index (χ3v) is 4.88. The maximum absolute atomic E-state index is 12.1. The summed E-state index contributed by atoms with van der Waals surface area (Å²) in [5.74, 6) is -1.06. The van der Waals surface area contributed by atoms with Crippen LogP contribution in [-0.4, -0.2) is 62.5 Å². The Morgan fingerprint density at radius 1 is 1.20 bits per heavy atom. The molecule has 3 rings (SSSR count). The van der Waals surface area contributed by atoms with Crippen LogP contribution in [0.15, 0.2) is 18.2 Å². The van der Waals surface area contributed by atoms with Gasteiger partial charge in [0.15, 0.2) is 7.11 Å². The van der Waals surface area contributed by atoms with Crippen molar-refractivity contribution in [3.63, 3.8) is 0 Å². The van der Waals surface area contributed by atoms with Crippen molar-refractivity contribution >= 4 is 23.0 Å². The highest BCUT2D eigenvalue weighted by atomic mass is 16.8. The normalized spacial score (nSPS) is 18.9. The monoisotopic (exact) mass is 350 g/mol. The molecule has 8 heteroatoms. The zero-order valence-electron chi connectivity index (χ0n) is 14.4. The van der Waals surface area contributed by atoms with Crippen LogP contribution in [0.2, 0.25) is 0 Å². The van der Waals surface area contributed by atoms with Crippen LogP contribution in [-0.2, 0) is 14.4 Å². The lowest BCUT2D eigenvalue weighted by Gasteiger charge is -2.33. The maximum Gasteiger partial charge on any atom is 0.339 e. The number of hydrogen-bond donors (Lipinski definition) is 1. The molecular formula is C17H24N3O5+. The number of morpholine rings is 1. The first kappa shape index (κ1) is 17.5. The predicted octanol–water partition coefficient (Wildman–Crippen LogP) is 1.80. The molecule has 8 nitrogen and oxygen atoms in total. The van der Waals surface area contributed by atoms with Crippen LogP contribution in [0.3, 0.4) is 0 Å². The quantitative estimate of drug-likeness (QED) is 0.811. The van der Waals surface area contributed by atoms with E-state index in [1.54, 1.807) is 6.07 Å². The lowest BCUT2D eigenvalue weighted by molar-refractivity contribution is -0.736. The van der Waals surface area contributed by atoms with Crippen molar-refractivity contribution in [2.24, 2.45) is 5.92 Å². The molecule has 0 saturated carbocycles. The first-order chi connectivity index (χ1) is 12.1. The number of piperidine rings is 1. The fourth-order valence-corrected chi connectivity index (χ4v) is 3.40. The number of carboxylic acids is 1. The number of carboxylic acid groups (broad SMARTS) is 1. The molecule has 0 aromatic heterocycles. The summed E-state index contributed by atoms with van der Waals surface area (Å²) in [4.78, 5) is 32.9. The average Bonchev–Trinajstić information content (AvgIpc) is 2.67. The highest BCUT2D eigenvalue weighted by Gasteiger charge is 2.31. The van der Waals surface area contributed by atoms with Gasteiger partial charge in [0.25, 0.3) is 4.92 Å². The second-order valence-electron chi connectivity index (χ2n) is 6.31. The molecule has 0 aliphatic carbocycles. The summed E-state index contributed by atoms with van der Waals surface area (Å²) in [5.41, 5.74) is 2.25. The summed E-state index contributed by atoms with van der Waals surface area (Å²) in [6.07, 6.45) is 1.14. The first-order valence-corrected chi connectivity index (χ1v) is 8.56. The molecule has 25 heavy (non-hydrogen) atoms. The molecule has 2 fully saturated rings. The zero-order valence-corrected chi connectivity index (χ0v) is 14.4. The fraction of sp³-hybridized carbons (Fsp3) is 0.588. The second-order valence-corrected chi connectivity index (χ2v) is 6.31. The van der Waals surface area contributed by atoms with Gasteiger partial charge in [0.05, 0.1) is 24.0 Å². The van der Waals surface area contributed by atoms with Gasteiger partial charge >= 0.3 is 11.7 Å². The lowest BCUT2D eigenvalue weighted by Crippen LogP contribution is -2.38. The second kappa shape index (κ2) is 7.69. The van der Waals surface area contributed by atoms with E-state index in [4.69, 9.17) is 9.57 Å². The Kier molecular flexibility index (Phi) is 5.37. The highest BCUT2D eigenvalue weighted by Crippen LogP contribution is 2.35. The van der Waals surface area contributed by atoms with Crippen LogP contribution >= 0.6 is 0 Å². The van der Waals surface area contributed by atoms with E-state index in [9.17, 15) is 14.8 Å². The van der Waals surface area contributed by atoms with E-state index in [0.717, 1.165) is 24.5 Å². The van der Waals surface area contributed by atoms with E-state index >= 15 is 0 Å². The molecule has 136 valence electrons. The molecule has 0 bridgehead atoms. The molecule has 2 saturated heterocycles. The molecule has 1 aromatic carbocycles. The van der Waals surface area contributed by atoms with Crippen LogP contribution in [0.5, 0.6) is 0 Å². The summed E-state index contributed by atoms with van der Waals surface area (Å²) in [7, 11) is 1.34. The third kappa shape index (κ3) is 3.84. The maximum atomic E-state index is 12.1. The van der Waals surface area contributed by atoms with Gasteiger partial charge in [-0.1, -0.05) is 0 Å². The number of aliphatic carboxylic acids is 1. The van der Waals surface area contributed by atoms with Gasteiger partial charge in [-0.05, 0) is 25.0 Å². The molecule has 1 aromatic rings.